The first-order valence-electron chi connectivity index (χ1n) is 6.17. The Morgan fingerprint density at radius 3 is 2.89 bits per heavy atom. The lowest BCUT2D eigenvalue weighted by Crippen LogP contribution is -2.16. The molecule has 0 amide bonds. The molecule has 2 aromatic heterocycles. The fourth-order valence-electron chi connectivity index (χ4n) is 1.96. The van der Waals surface area contributed by atoms with Gasteiger partial charge in [0.05, 0.1) is 5.69 Å². The number of rotatable bonds is 5. The van der Waals surface area contributed by atoms with E-state index in [9.17, 15) is 4.39 Å². The van der Waals surface area contributed by atoms with E-state index in [0.717, 1.165) is 35.7 Å². The van der Waals surface area contributed by atoms with Crippen molar-refractivity contribution in [1.29, 1.82) is 0 Å². The number of nitrogens with zero attached hydrogens (tertiary/aromatic N) is 2. The van der Waals surface area contributed by atoms with Crippen LogP contribution in [0.4, 0.5) is 4.39 Å². The van der Waals surface area contributed by atoms with Crippen molar-refractivity contribution in [3.8, 4) is 0 Å². The van der Waals surface area contributed by atoms with Crippen LogP contribution < -0.4 is 5.32 Å². The molecule has 3 aromatic rings. The summed E-state index contributed by atoms with van der Waals surface area (Å²) in [4.78, 5) is 5.52. The first-order valence-corrected chi connectivity index (χ1v) is 7.05. The molecular weight excluding hydrogens is 261 g/mol. The summed E-state index contributed by atoms with van der Waals surface area (Å²) in [5.41, 5.74) is 2.19. The third-order valence-corrected chi connectivity index (χ3v) is 3.72. The molecule has 0 aliphatic rings. The number of hydrogen-bond donors (Lipinski definition) is 1. The highest BCUT2D eigenvalue weighted by atomic mass is 32.1. The molecule has 0 saturated heterocycles. The first kappa shape index (κ1) is 12.3. The Labute approximate surface area is 114 Å². The van der Waals surface area contributed by atoms with Crippen LogP contribution in [0, 0.1) is 5.82 Å². The highest BCUT2D eigenvalue weighted by Gasteiger charge is 2.01. The van der Waals surface area contributed by atoms with Gasteiger partial charge in [-0.3, -0.25) is 4.40 Å². The van der Waals surface area contributed by atoms with Crippen molar-refractivity contribution in [3.05, 3.63) is 59.1 Å². The topological polar surface area (TPSA) is 29.3 Å². The zero-order chi connectivity index (χ0) is 13.1. The second-order valence-corrected chi connectivity index (χ2v) is 5.25. The maximum absolute atomic E-state index is 12.7. The van der Waals surface area contributed by atoms with Gasteiger partial charge in [-0.1, -0.05) is 12.1 Å². The molecule has 0 aliphatic heterocycles. The lowest BCUT2D eigenvalue weighted by Gasteiger charge is -2.03. The number of hydrogen-bond acceptors (Lipinski definition) is 3. The molecule has 1 N–H and O–H groups in total. The average molecular weight is 275 g/mol. The van der Waals surface area contributed by atoms with E-state index >= 15 is 0 Å². The van der Waals surface area contributed by atoms with Crippen molar-refractivity contribution in [1.82, 2.24) is 14.7 Å². The van der Waals surface area contributed by atoms with Crippen LogP contribution in [0.2, 0.25) is 0 Å². The van der Waals surface area contributed by atoms with Crippen LogP contribution in [0.15, 0.2) is 42.0 Å². The van der Waals surface area contributed by atoms with Crippen molar-refractivity contribution < 1.29 is 4.39 Å². The molecule has 98 valence electrons. The smallest absolute Gasteiger partial charge is 0.193 e. The number of benzene rings is 1. The van der Waals surface area contributed by atoms with Crippen molar-refractivity contribution in [2.45, 2.75) is 13.0 Å². The maximum atomic E-state index is 12.7. The van der Waals surface area contributed by atoms with Crippen LogP contribution >= 0.6 is 11.3 Å². The van der Waals surface area contributed by atoms with Crippen molar-refractivity contribution in [3.63, 3.8) is 0 Å². The van der Waals surface area contributed by atoms with Gasteiger partial charge >= 0.3 is 0 Å². The summed E-state index contributed by atoms with van der Waals surface area (Å²) in [6.07, 6.45) is 4.94. The van der Waals surface area contributed by atoms with E-state index < -0.39 is 0 Å². The van der Waals surface area contributed by atoms with Gasteiger partial charge in [0.2, 0.25) is 0 Å². The van der Waals surface area contributed by atoms with Crippen LogP contribution in [0.1, 0.15) is 11.3 Å². The number of halogens is 1. The minimum Gasteiger partial charge on any atom is -0.311 e. The Morgan fingerprint density at radius 1 is 1.26 bits per heavy atom. The van der Waals surface area contributed by atoms with E-state index in [1.165, 1.54) is 12.1 Å². The quantitative estimate of drug-likeness (QED) is 0.726. The number of fused-ring (bicyclic) bond motifs is 1. The highest BCUT2D eigenvalue weighted by Crippen LogP contribution is 2.11. The summed E-state index contributed by atoms with van der Waals surface area (Å²) < 4.78 is 14.8. The van der Waals surface area contributed by atoms with E-state index in [-0.39, 0.29) is 5.82 Å². The molecule has 0 spiro atoms. The predicted octanol–water partition coefficient (Wildman–Crippen LogP) is 2.87. The highest BCUT2D eigenvalue weighted by molar-refractivity contribution is 7.15. The average Bonchev–Trinajstić information content (AvgIpc) is 2.97. The van der Waals surface area contributed by atoms with Gasteiger partial charge in [-0.15, -0.1) is 11.3 Å². The molecule has 0 atom stereocenters. The molecule has 0 fully saturated rings. The number of aromatic nitrogens is 2. The first-order chi connectivity index (χ1) is 9.31. The number of thiazole rings is 1. The van der Waals surface area contributed by atoms with Crippen LogP contribution in [-0.4, -0.2) is 15.9 Å². The second kappa shape index (κ2) is 5.50. The zero-order valence-electron chi connectivity index (χ0n) is 10.3. The lowest BCUT2D eigenvalue weighted by molar-refractivity contribution is 0.625. The van der Waals surface area contributed by atoms with E-state index in [4.69, 9.17) is 0 Å². The Morgan fingerprint density at radius 2 is 2.11 bits per heavy atom. The summed E-state index contributed by atoms with van der Waals surface area (Å²) in [5.74, 6) is -0.185. The molecule has 0 unspecified atom stereocenters. The largest absolute Gasteiger partial charge is 0.311 e. The molecule has 19 heavy (non-hydrogen) atoms. The fourth-order valence-corrected chi connectivity index (χ4v) is 2.68. The third-order valence-electron chi connectivity index (χ3n) is 2.95. The van der Waals surface area contributed by atoms with E-state index in [1.807, 2.05) is 34.3 Å². The molecule has 0 bridgehead atoms. The Hall–Kier alpha value is -1.72. The molecular formula is C14H14FN3S. The van der Waals surface area contributed by atoms with Crippen molar-refractivity contribution in [2.24, 2.45) is 0 Å². The van der Waals surface area contributed by atoms with Gasteiger partial charge in [-0.2, -0.15) is 0 Å². The normalized spacial score (nSPS) is 11.2. The lowest BCUT2D eigenvalue weighted by atomic mass is 10.1. The second-order valence-electron chi connectivity index (χ2n) is 4.38. The van der Waals surface area contributed by atoms with Crippen LogP contribution in [0.3, 0.4) is 0 Å². The summed E-state index contributed by atoms with van der Waals surface area (Å²) >= 11 is 1.63. The van der Waals surface area contributed by atoms with Gasteiger partial charge in [0.25, 0.3) is 0 Å². The molecule has 0 aliphatic carbocycles. The maximum Gasteiger partial charge on any atom is 0.193 e. The van der Waals surface area contributed by atoms with Gasteiger partial charge in [0, 0.05) is 24.3 Å². The Bertz CT molecular complexity index is 628. The van der Waals surface area contributed by atoms with Gasteiger partial charge in [0.15, 0.2) is 4.96 Å². The Kier molecular flexibility index (Phi) is 3.57. The van der Waals surface area contributed by atoms with Crippen molar-refractivity contribution in [2.75, 3.05) is 6.54 Å². The minimum atomic E-state index is -0.185. The van der Waals surface area contributed by atoms with Crippen LogP contribution in [0.5, 0.6) is 0 Å². The molecule has 0 radical (unpaired) electrons. The van der Waals surface area contributed by atoms with Gasteiger partial charge < -0.3 is 5.32 Å². The van der Waals surface area contributed by atoms with E-state index in [2.05, 4.69) is 10.3 Å². The van der Waals surface area contributed by atoms with Crippen LogP contribution in [0.25, 0.3) is 4.96 Å². The molecule has 3 rings (SSSR count). The van der Waals surface area contributed by atoms with Gasteiger partial charge in [0.1, 0.15) is 5.82 Å². The van der Waals surface area contributed by atoms with Crippen LogP contribution in [-0.2, 0) is 13.0 Å². The van der Waals surface area contributed by atoms with E-state index in [0.29, 0.717) is 0 Å². The van der Waals surface area contributed by atoms with E-state index in [1.54, 1.807) is 11.3 Å². The number of imidazole rings is 1. The minimum absolute atomic E-state index is 0.185. The summed E-state index contributed by atoms with van der Waals surface area (Å²) in [6.45, 7) is 1.62. The molecule has 2 heterocycles. The monoisotopic (exact) mass is 275 g/mol. The fraction of sp³-hybridized carbons (Fsp3) is 0.214. The summed E-state index contributed by atoms with van der Waals surface area (Å²) in [6, 6.07) is 6.64. The molecule has 5 heteroatoms. The SMILES string of the molecule is Fc1ccc(CCNCc2cn3ccsc3n2)cc1. The van der Waals surface area contributed by atoms with Gasteiger partial charge in [-0.25, -0.2) is 9.37 Å². The van der Waals surface area contributed by atoms with Crippen molar-refractivity contribution >= 4 is 16.3 Å². The standard InChI is InChI=1S/C14H14FN3S/c15-12-3-1-11(2-4-12)5-6-16-9-13-10-18-7-8-19-14(18)17-13/h1-4,7-8,10,16H,5-6,9H2. The molecule has 0 saturated carbocycles. The zero-order valence-corrected chi connectivity index (χ0v) is 11.2. The number of nitrogens with one attached hydrogen (secondary N) is 1. The Balaban J connectivity index is 1.48. The summed E-state index contributed by atoms with van der Waals surface area (Å²) in [5, 5.41) is 5.37. The third kappa shape index (κ3) is 3.00. The molecule has 3 nitrogen and oxygen atoms in total. The molecule has 1 aromatic carbocycles. The summed E-state index contributed by atoms with van der Waals surface area (Å²) in [7, 11) is 0. The predicted molar refractivity (Wildman–Crippen MR) is 74.9 cm³/mol. The van der Waals surface area contributed by atoms with Gasteiger partial charge in [-0.05, 0) is 30.7 Å².